The second-order valence-electron chi connectivity index (χ2n) is 6.55. The Labute approximate surface area is 151 Å². The fourth-order valence-corrected chi connectivity index (χ4v) is 3.10. The fraction of sp³-hybridized carbons (Fsp3) is 0.556. The van der Waals surface area contributed by atoms with E-state index in [2.05, 4.69) is 20.1 Å². The first-order valence-electron chi connectivity index (χ1n) is 8.54. The lowest BCUT2D eigenvalue weighted by atomic mass is 9.87. The van der Waals surface area contributed by atoms with E-state index in [1.54, 1.807) is 12.1 Å². The molecule has 0 aliphatic heterocycles. The number of methoxy groups -OCH3 is 1. The molecule has 1 aromatic carbocycles. The van der Waals surface area contributed by atoms with E-state index in [4.69, 9.17) is 0 Å². The number of carbonyl (C=O) groups is 2. The van der Waals surface area contributed by atoms with Crippen molar-refractivity contribution in [3.63, 3.8) is 0 Å². The number of ether oxygens (including phenoxy) is 2. The third-order valence-electron chi connectivity index (χ3n) is 4.38. The maximum Gasteiger partial charge on any atom is 0.407 e. The number of alkyl carbamates (subject to hydrolysis) is 1. The highest BCUT2D eigenvalue weighted by molar-refractivity contribution is 5.86. The summed E-state index contributed by atoms with van der Waals surface area (Å²) in [6, 6.07) is 3.80. The predicted octanol–water partition coefficient (Wildman–Crippen LogP) is 3.16. The van der Waals surface area contributed by atoms with E-state index in [1.807, 2.05) is 13.8 Å². The van der Waals surface area contributed by atoms with Crippen molar-refractivity contribution in [2.24, 2.45) is 5.92 Å². The first kappa shape index (κ1) is 19.9. The largest absolute Gasteiger partial charge is 0.453 e. The van der Waals surface area contributed by atoms with Crippen LogP contribution in [0.15, 0.2) is 18.2 Å². The van der Waals surface area contributed by atoms with E-state index in [0.29, 0.717) is 0 Å². The fourth-order valence-electron chi connectivity index (χ4n) is 3.10. The molecule has 2 amide bonds. The number of benzene rings is 1. The first-order valence-corrected chi connectivity index (χ1v) is 8.54. The summed E-state index contributed by atoms with van der Waals surface area (Å²) in [7, 11) is 1.24. The zero-order chi connectivity index (χ0) is 19.3. The number of aryl methyl sites for hydroxylation is 1. The van der Waals surface area contributed by atoms with E-state index >= 15 is 0 Å². The van der Waals surface area contributed by atoms with Crippen LogP contribution in [0.5, 0.6) is 5.75 Å². The highest BCUT2D eigenvalue weighted by atomic mass is 19.3. The van der Waals surface area contributed by atoms with E-state index in [0.717, 1.165) is 30.4 Å². The second-order valence-corrected chi connectivity index (χ2v) is 6.55. The molecule has 144 valence electrons. The van der Waals surface area contributed by atoms with Gasteiger partial charge < -0.3 is 20.1 Å². The van der Waals surface area contributed by atoms with Gasteiger partial charge in [0.1, 0.15) is 11.8 Å². The molecule has 2 unspecified atom stereocenters. The molecule has 8 heteroatoms. The standard InChI is InChI=1S/C18H24F2N2O4/c1-10(2)15(22-18(24)25-3)16(23)21-14-6-4-5-11-9-12(26-17(19)20)7-8-13(11)14/h7-10,14-15,17H,4-6H2,1-3H3,(H,21,23)(H,22,24). The molecule has 2 atom stereocenters. The molecule has 0 aromatic heterocycles. The average Bonchev–Trinajstić information content (AvgIpc) is 2.58. The molecule has 0 bridgehead atoms. The highest BCUT2D eigenvalue weighted by Gasteiger charge is 2.29. The molecule has 26 heavy (non-hydrogen) atoms. The zero-order valence-corrected chi connectivity index (χ0v) is 15.1. The molecule has 1 aliphatic rings. The summed E-state index contributed by atoms with van der Waals surface area (Å²) in [5.74, 6) is -0.326. The van der Waals surface area contributed by atoms with Crippen molar-refractivity contribution in [2.75, 3.05) is 7.11 Å². The Hall–Kier alpha value is -2.38. The number of fused-ring (bicyclic) bond motifs is 1. The third-order valence-corrected chi connectivity index (χ3v) is 4.38. The number of hydrogen-bond acceptors (Lipinski definition) is 4. The summed E-state index contributed by atoms with van der Waals surface area (Å²) in [5, 5.41) is 5.48. The molecule has 0 fully saturated rings. The Morgan fingerprint density at radius 3 is 2.62 bits per heavy atom. The van der Waals surface area contributed by atoms with Crippen molar-refractivity contribution in [2.45, 2.75) is 51.8 Å². The molecule has 6 nitrogen and oxygen atoms in total. The number of halogens is 2. The zero-order valence-electron chi connectivity index (χ0n) is 15.1. The molecular formula is C18H24F2N2O4. The Morgan fingerprint density at radius 2 is 2.00 bits per heavy atom. The van der Waals surface area contributed by atoms with Gasteiger partial charge in [0.15, 0.2) is 0 Å². The maximum absolute atomic E-state index is 12.6. The number of alkyl halides is 2. The molecule has 1 aliphatic carbocycles. The number of amides is 2. The van der Waals surface area contributed by atoms with Crippen molar-refractivity contribution in [3.05, 3.63) is 29.3 Å². The van der Waals surface area contributed by atoms with Gasteiger partial charge in [0, 0.05) is 0 Å². The summed E-state index contributed by atoms with van der Waals surface area (Å²) < 4.78 is 33.8. The highest BCUT2D eigenvalue weighted by Crippen LogP contribution is 2.32. The van der Waals surface area contributed by atoms with Gasteiger partial charge in [0.05, 0.1) is 13.2 Å². The third kappa shape index (κ3) is 5.06. The predicted molar refractivity (Wildman–Crippen MR) is 91.1 cm³/mol. The van der Waals surface area contributed by atoms with E-state index < -0.39 is 18.7 Å². The van der Waals surface area contributed by atoms with Crippen LogP contribution in [0.2, 0.25) is 0 Å². The van der Waals surface area contributed by atoms with Gasteiger partial charge in [0.25, 0.3) is 0 Å². The maximum atomic E-state index is 12.6. The number of hydrogen-bond donors (Lipinski definition) is 2. The molecule has 1 aromatic rings. The van der Waals surface area contributed by atoms with Gasteiger partial charge in [-0.1, -0.05) is 19.9 Å². The summed E-state index contributed by atoms with van der Waals surface area (Å²) in [6.45, 7) is 0.773. The van der Waals surface area contributed by atoms with Crippen LogP contribution in [0.1, 0.15) is 43.9 Å². The van der Waals surface area contributed by atoms with E-state index in [9.17, 15) is 18.4 Å². The molecule has 2 rings (SSSR count). The summed E-state index contributed by atoms with van der Waals surface area (Å²) in [6.07, 6.45) is 1.61. The van der Waals surface area contributed by atoms with Gasteiger partial charge in [-0.25, -0.2) is 4.79 Å². The molecule has 2 N–H and O–H groups in total. The lowest BCUT2D eigenvalue weighted by Crippen LogP contribution is -2.50. The Bertz CT molecular complexity index is 652. The quantitative estimate of drug-likeness (QED) is 0.806. The molecule has 0 saturated heterocycles. The van der Waals surface area contributed by atoms with Crippen LogP contribution in [0, 0.1) is 5.92 Å². The van der Waals surface area contributed by atoms with Gasteiger partial charge in [-0.05, 0) is 48.4 Å². The molecule has 0 spiro atoms. The Morgan fingerprint density at radius 1 is 1.27 bits per heavy atom. The molecule has 0 heterocycles. The second kappa shape index (κ2) is 8.82. The number of nitrogens with one attached hydrogen (secondary N) is 2. The van der Waals surface area contributed by atoms with Crippen LogP contribution < -0.4 is 15.4 Å². The van der Waals surface area contributed by atoms with Gasteiger partial charge in [-0.3, -0.25) is 4.79 Å². The van der Waals surface area contributed by atoms with Crippen molar-refractivity contribution in [3.8, 4) is 5.75 Å². The minimum atomic E-state index is -2.87. The van der Waals surface area contributed by atoms with Crippen molar-refractivity contribution < 1.29 is 27.8 Å². The van der Waals surface area contributed by atoms with E-state index in [-0.39, 0.29) is 23.6 Å². The minimum absolute atomic E-state index is 0.109. The lowest BCUT2D eigenvalue weighted by molar-refractivity contribution is -0.124. The topological polar surface area (TPSA) is 76.7 Å². The van der Waals surface area contributed by atoms with Crippen LogP contribution in [-0.2, 0) is 16.0 Å². The monoisotopic (exact) mass is 370 g/mol. The van der Waals surface area contributed by atoms with Crippen LogP contribution in [-0.4, -0.2) is 31.8 Å². The first-order chi connectivity index (χ1) is 12.3. The van der Waals surface area contributed by atoms with Gasteiger partial charge >= 0.3 is 12.7 Å². The van der Waals surface area contributed by atoms with Crippen LogP contribution >= 0.6 is 0 Å². The van der Waals surface area contributed by atoms with Gasteiger partial charge in [0.2, 0.25) is 5.91 Å². The normalized spacial score (nSPS) is 17.4. The average molecular weight is 370 g/mol. The van der Waals surface area contributed by atoms with E-state index in [1.165, 1.54) is 13.2 Å². The molecular weight excluding hydrogens is 346 g/mol. The molecule has 0 radical (unpaired) electrons. The van der Waals surface area contributed by atoms with Crippen molar-refractivity contribution in [1.29, 1.82) is 0 Å². The Kier molecular flexibility index (Phi) is 6.76. The van der Waals surface area contributed by atoms with Crippen LogP contribution in [0.4, 0.5) is 13.6 Å². The number of rotatable bonds is 6. The smallest absolute Gasteiger partial charge is 0.407 e. The van der Waals surface area contributed by atoms with Crippen molar-refractivity contribution >= 4 is 12.0 Å². The Balaban J connectivity index is 2.13. The van der Waals surface area contributed by atoms with Gasteiger partial charge in [-0.15, -0.1) is 0 Å². The molecule has 0 saturated carbocycles. The minimum Gasteiger partial charge on any atom is -0.453 e. The van der Waals surface area contributed by atoms with Crippen LogP contribution in [0.3, 0.4) is 0 Å². The summed E-state index contributed by atoms with van der Waals surface area (Å²) >= 11 is 0. The van der Waals surface area contributed by atoms with Crippen molar-refractivity contribution in [1.82, 2.24) is 10.6 Å². The SMILES string of the molecule is COC(=O)NC(C(=O)NC1CCCc2cc(OC(F)F)ccc21)C(C)C. The summed E-state index contributed by atoms with van der Waals surface area (Å²) in [4.78, 5) is 24.1. The summed E-state index contributed by atoms with van der Waals surface area (Å²) in [5.41, 5.74) is 1.76. The van der Waals surface area contributed by atoms with Gasteiger partial charge in [-0.2, -0.15) is 8.78 Å². The van der Waals surface area contributed by atoms with Crippen LogP contribution in [0.25, 0.3) is 0 Å². The number of carbonyl (C=O) groups excluding carboxylic acids is 2. The lowest BCUT2D eigenvalue weighted by Gasteiger charge is -2.29.